The Kier molecular flexibility index (Phi) is 6.99. The van der Waals surface area contributed by atoms with Crippen LogP contribution in [0.5, 0.6) is 0 Å². The fourth-order valence-corrected chi connectivity index (χ4v) is 4.09. The second-order valence-electron chi connectivity index (χ2n) is 8.52. The predicted octanol–water partition coefficient (Wildman–Crippen LogP) is 4.09. The average molecular weight is 479 g/mol. The molecule has 2 atom stereocenters. The highest BCUT2D eigenvalue weighted by Crippen LogP contribution is 2.35. The number of anilines is 1. The number of nitrogens with zero attached hydrogens (tertiary/aromatic N) is 2. The zero-order chi connectivity index (χ0) is 25.4. The Morgan fingerprint density at radius 3 is 2.12 bits per heavy atom. The maximum atomic E-state index is 15.3. The van der Waals surface area contributed by atoms with E-state index in [9.17, 15) is 23.2 Å². The maximum Gasteiger partial charge on any atom is 0.352 e. The van der Waals surface area contributed by atoms with Crippen molar-refractivity contribution in [3.63, 3.8) is 0 Å². The normalized spacial score (nSPS) is 18.6. The first-order valence-electron chi connectivity index (χ1n) is 10.7. The molecule has 0 spiro atoms. The molecule has 3 rings (SSSR count). The van der Waals surface area contributed by atoms with Gasteiger partial charge in [0.2, 0.25) is 5.91 Å². The summed E-state index contributed by atoms with van der Waals surface area (Å²) in [5, 5.41) is 2.44. The first-order chi connectivity index (χ1) is 15.8. The van der Waals surface area contributed by atoms with Crippen molar-refractivity contribution >= 4 is 23.4 Å². The summed E-state index contributed by atoms with van der Waals surface area (Å²) in [4.78, 5) is 39.5. The number of carbonyl (C=O) groups excluding carboxylic acids is 3. The van der Waals surface area contributed by atoms with Crippen LogP contribution in [0.15, 0.2) is 36.4 Å². The van der Waals surface area contributed by atoms with Gasteiger partial charge in [-0.25, -0.2) is 8.78 Å². The van der Waals surface area contributed by atoms with Gasteiger partial charge in [0.05, 0.1) is 5.56 Å². The van der Waals surface area contributed by atoms with E-state index >= 15 is 8.78 Å². The molecule has 34 heavy (non-hydrogen) atoms. The number of halogens is 4. The van der Waals surface area contributed by atoms with E-state index < -0.39 is 47.0 Å². The van der Waals surface area contributed by atoms with Crippen molar-refractivity contribution in [3.8, 4) is 0 Å². The Morgan fingerprint density at radius 1 is 0.971 bits per heavy atom. The summed E-state index contributed by atoms with van der Waals surface area (Å²) in [5.41, 5.74) is -1.03. The topological polar surface area (TPSA) is 69.7 Å². The van der Waals surface area contributed by atoms with E-state index in [0.717, 1.165) is 17.0 Å². The largest absolute Gasteiger partial charge is 0.352 e. The number of alkyl halides is 2. The minimum absolute atomic E-state index is 0.0729. The molecule has 2 aromatic carbocycles. The van der Waals surface area contributed by atoms with Gasteiger partial charge in [0.15, 0.2) is 0 Å². The lowest BCUT2D eigenvalue weighted by atomic mass is 10.00. The van der Waals surface area contributed by atoms with Crippen molar-refractivity contribution in [3.05, 3.63) is 64.7 Å². The minimum Gasteiger partial charge on any atom is -0.339 e. The van der Waals surface area contributed by atoms with E-state index in [1.807, 2.05) is 0 Å². The third-order valence-electron chi connectivity index (χ3n) is 5.85. The lowest BCUT2D eigenvalue weighted by Crippen LogP contribution is -2.62. The second-order valence-corrected chi connectivity index (χ2v) is 8.52. The van der Waals surface area contributed by atoms with Gasteiger partial charge in [-0.05, 0) is 62.7 Å². The second kappa shape index (κ2) is 9.44. The molecule has 2 aromatic rings. The van der Waals surface area contributed by atoms with Crippen LogP contribution in [0, 0.1) is 18.6 Å². The molecular weight excluding hydrogens is 454 g/mol. The SMILES string of the molecule is CC(=O)N1C[C@@H](C)N(C(=O)C(F)(F)c2cc(C(=O)Nc3ccc(F)c(C)c3)ccc2F)[C@@H](C)C1. The summed E-state index contributed by atoms with van der Waals surface area (Å²) in [6.07, 6.45) is 0. The van der Waals surface area contributed by atoms with E-state index in [-0.39, 0.29) is 35.8 Å². The van der Waals surface area contributed by atoms with Crippen molar-refractivity contribution < 1.29 is 31.9 Å². The van der Waals surface area contributed by atoms with Gasteiger partial charge in [-0.15, -0.1) is 0 Å². The predicted molar refractivity (Wildman–Crippen MR) is 117 cm³/mol. The number of hydrogen-bond acceptors (Lipinski definition) is 3. The highest BCUT2D eigenvalue weighted by atomic mass is 19.3. The Balaban J connectivity index is 1.87. The van der Waals surface area contributed by atoms with Crippen LogP contribution in [0.4, 0.5) is 23.2 Å². The number of nitrogens with one attached hydrogen (secondary N) is 1. The molecule has 1 aliphatic heterocycles. The lowest BCUT2D eigenvalue weighted by Gasteiger charge is -2.45. The maximum absolute atomic E-state index is 15.3. The van der Waals surface area contributed by atoms with Gasteiger partial charge in [0.1, 0.15) is 11.6 Å². The van der Waals surface area contributed by atoms with E-state index in [1.54, 1.807) is 0 Å². The van der Waals surface area contributed by atoms with E-state index in [1.165, 1.54) is 44.7 Å². The smallest absolute Gasteiger partial charge is 0.339 e. The molecule has 0 radical (unpaired) electrons. The summed E-state index contributed by atoms with van der Waals surface area (Å²) in [6.45, 7) is 6.05. The van der Waals surface area contributed by atoms with Crippen LogP contribution in [-0.2, 0) is 15.5 Å². The summed E-state index contributed by atoms with van der Waals surface area (Å²) in [7, 11) is 0. The van der Waals surface area contributed by atoms with Gasteiger partial charge in [0, 0.05) is 43.3 Å². The zero-order valence-electron chi connectivity index (χ0n) is 19.2. The number of aryl methyl sites for hydroxylation is 1. The lowest BCUT2D eigenvalue weighted by molar-refractivity contribution is -0.169. The van der Waals surface area contributed by atoms with Crippen molar-refractivity contribution in [1.82, 2.24) is 9.80 Å². The standard InChI is InChI=1S/C24H25F4N3O3/c1-13-9-18(6-8-20(13)25)29-22(33)17-5-7-21(26)19(10-17)24(27,28)23(34)31-14(2)11-30(16(4)32)12-15(31)3/h5-10,14-15H,11-12H2,1-4H3,(H,29,33)/t14-,15+. The van der Waals surface area contributed by atoms with Crippen LogP contribution in [0.2, 0.25) is 0 Å². The molecule has 1 aliphatic rings. The molecule has 1 fully saturated rings. The molecule has 0 saturated carbocycles. The van der Waals surface area contributed by atoms with Crippen LogP contribution in [0.3, 0.4) is 0 Å². The van der Waals surface area contributed by atoms with E-state index in [0.29, 0.717) is 12.1 Å². The minimum atomic E-state index is -4.26. The van der Waals surface area contributed by atoms with Gasteiger partial charge in [0.25, 0.3) is 11.8 Å². The fraction of sp³-hybridized carbons (Fsp3) is 0.375. The van der Waals surface area contributed by atoms with Crippen LogP contribution in [0.25, 0.3) is 0 Å². The van der Waals surface area contributed by atoms with Gasteiger partial charge < -0.3 is 15.1 Å². The van der Waals surface area contributed by atoms with Crippen molar-refractivity contribution in [1.29, 1.82) is 0 Å². The van der Waals surface area contributed by atoms with E-state index in [2.05, 4.69) is 5.32 Å². The first kappa shape index (κ1) is 25.2. The van der Waals surface area contributed by atoms with Crippen LogP contribution in [0.1, 0.15) is 42.3 Å². The number of hydrogen-bond donors (Lipinski definition) is 1. The molecule has 1 heterocycles. The molecule has 6 nitrogen and oxygen atoms in total. The average Bonchev–Trinajstić information content (AvgIpc) is 2.75. The Morgan fingerprint density at radius 2 is 1.56 bits per heavy atom. The summed E-state index contributed by atoms with van der Waals surface area (Å²) in [5.74, 6) is -8.75. The number of benzene rings is 2. The number of amides is 3. The summed E-state index contributed by atoms with van der Waals surface area (Å²) in [6, 6.07) is 4.71. The van der Waals surface area contributed by atoms with Crippen LogP contribution >= 0.6 is 0 Å². The molecule has 1 N–H and O–H groups in total. The first-order valence-corrected chi connectivity index (χ1v) is 10.7. The monoisotopic (exact) mass is 479 g/mol. The molecule has 0 unspecified atom stereocenters. The number of piperazine rings is 1. The van der Waals surface area contributed by atoms with Crippen molar-refractivity contribution in [2.45, 2.75) is 45.7 Å². The van der Waals surface area contributed by atoms with Crippen LogP contribution in [-0.4, -0.2) is 52.7 Å². The number of carbonyl (C=O) groups is 3. The zero-order valence-corrected chi connectivity index (χ0v) is 19.2. The van der Waals surface area contributed by atoms with Crippen LogP contribution < -0.4 is 5.32 Å². The molecule has 3 amide bonds. The Labute approximate surface area is 194 Å². The summed E-state index contributed by atoms with van der Waals surface area (Å²) < 4.78 is 58.5. The van der Waals surface area contributed by atoms with Crippen molar-refractivity contribution in [2.75, 3.05) is 18.4 Å². The quantitative estimate of drug-likeness (QED) is 0.672. The molecule has 0 aliphatic carbocycles. The molecule has 0 bridgehead atoms. The molecule has 182 valence electrons. The fourth-order valence-electron chi connectivity index (χ4n) is 4.09. The Bertz CT molecular complexity index is 1130. The third-order valence-corrected chi connectivity index (χ3v) is 5.85. The Hall–Kier alpha value is -3.43. The molecule has 1 saturated heterocycles. The third kappa shape index (κ3) is 4.90. The van der Waals surface area contributed by atoms with E-state index in [4.69, 9.17) is 0 Å². The highest BCUT2D eigenvalue weighted by Gasteiger charge is 2.49. The molecule has 10 heteroatoms. The molecule has 0 aromatic heterocycles. The van der Waals surface area contributed by atoms with Gasteiger partial charge >= 0.3 is 5.92 Å². The summed E-state index contributed by atoms with van der Waals surface area (Å²) >= 11 is 0. The number of rotatable bonds is 4. The van der Waals surface area contributed by atoms with Crippen molar-refractivity contribution in [2.24, 2.45) is 0 Å². The van der Waals surface area contributed by atoms with Gasteiger partial charge in [-0.2, -0.15) is 8.78 Å². The van der Waals surface area contributed by atoms with Gasteiger partial charge in [-0.3, -0.25) is 14.4 Å². The molecular formula is C24H25F4N3O3. The van der Waals surface area contributed by atoms with Gasteiger partial charge in [-0.1, -0.05) is 0 Å². The highest BCUT2D eigenvalue weighted by molar-refractivity contribution is 6.04.